The smallest absolute Gasteiger partial charge is 0.191 e. The Bertz CT molecular complexity index is 237. The maximum Gasteiger partial charge on any atom is 0.191 e. The number of nitrogens with one attached hydrogen (secondary N) is 2. The van der Waals surface area contributed by atoms with Crippen LogP contribution in [-0.2, 0) is 0 Å². The number of hydrogen-bond donors (Lipinski definition) is 2. The molecule has 0 aromatic heterocycles. The largest absolute Gasteiger partial charge is 0.356 e. The molecule has 0 aromatic rings. The molecule has 1 aliphatic carbocycles. The zero-order valence-corrected chi connectivity index (χ0v) is 9.92. The van der Waals surface area contributed by atoms with Crippen LogP contribution in [0.4, 0.5) is 0 Å². The molecule has 1 saturated carbocycles. The van der Waals surface area contributed by atoms with Crippen LogP contribution < -0.4 is 10.6 Å². The zero-order chi connectivity index (χ0) is 10.7. The van der Waals surface area contributed by atoms with E-state index in [4.69, 9.17) is 0 Å². The summed E-state index contributed by atoms with van der Waals surface area (Å²) in [6, 6.07) is 0.510. The van der Waals surface area contributed by atoms with Crippen molar-refractivity contribution in [2.75, 3.05) is 13.1 Å². The summed E-state index contributed by atoms with van der Waals surface area (Å²) in [5.74, 6) is 2.74. The van der Waals surface area contributed by atoms with Gasteiger partial charge in [-0.15, -0.1) is 0 Å². The van der Waals surface area contributed by atoms with Crippen molar-refractivity contribution < 1.29 is 0 Å². The fourth-order valence-corrected chi connectivity index (χ4v) is 2.58. The third kappa shape index (κ3) is 2.86. The van der Waals surface area contributed by atoms with Gasteiger partial charge >= 0.3 is 0 Å². The molecule has 2 aliphatic rings. The standard InChI is InChI=1S/C12H23N3/c1-9-5-3-4-6-11(9)8-14-12-13-7-10(2)15-12/h9-11H,3-8H2,1-2H3,(H2,13,14,15). The first-order chi connectivity index (χ1) is 7.25. The lowest BCUT2D eigenvalue weighted by atomic mass is 9.80. The minimum absolute atomic E-state index is 0.510. The SMILES string of the molecule is CC1CN=C(NCC2CCCCC2C)N1. The first-order valence-electron chi connectivity index (χ1n) is 6.30. The van der Waals surface area contributed by atoms with E-state index >= 15 is 0 Å². The molecule has 3 unspecified atom stereocenters. The van der Waals surface area contributed by atoms with Crippen molar-refractivity contribution in [3.63, 3.8) is 0 Å². The molecule has 0 bridgehead atoms. The van der Waals surface area contributed by atoms with Crippen LogP contribution in [0.15, 0.2) is 4.99 Å². The van der Waals surface area contributed by atoms with E-state index in [9.17, 15) is 0 Å². The Morgan fingerprint density at radius 2 is 2.13 bits per heavy atom. The fraction of sp³-hybridized carbons (Fsp3) is 0.917. The van der Waals surface area contributed by atoms with Crippen molar-refractivity contribution in [2.24, 2.45) is 16.8 Å². The van der Waals surface area contributed by atoms with Gasteiger partial charge in [0.2, 0.25) is 0 Å². The summed E-state index contributed by atoms with van der Waals surface area (Å²) in [7, 11) is 0. The van der Waals surface area contributed by atoms with Gasteiger partial charge in [-0.1, -0.05) is 26.2 Å². The van der Waals surface area contributed by atoms with Crippen LogP contribution >= 0.6 is 0 Å². The summed E-state index contributed by atoms with van der Waals surface area (Å²) < 4.78 is 0. The molecule has 86 valence electrons. The van der Waals surface area contributed by atoms with Crippen LogP contribution in [0.2, 0.25) is 0 Å². The van der Waals surface area contributed by atoms with Crippen LogP contribution in [0.25, 0.3) is 0 Å². The van der Waals surface area contributed by atoms with Crippen molar-refractivity contribution in [1.29, 1.82) is 0 Å². The van der Waals surface area contributed by atoms with Gasteiger partial charge in [0, 0.05) is 12.6 Å². The number of hydrogen-bond acceptors (Lipinski definition) is 3. The quantitative estimate of drug-likeness (QED) is 0.727. The van der Waals surface area contributed by atoms with Crippen molar-refractivity contribution in [3.05, 3.63) is 0 Å². The van der Waals surface area contributed by atoms with Crippen LogP contribution in [0.3, 0.4) is 0 Å². The van der Waals surface area contributed by atoms with E-state index in [0.717, 1.165) is 30.9 Å². The maximum atomic E-state index is 4.42. The molecular weight excluding hydrogens is 186 g/mol. The third-order valence-corrected chi connectivity index (χ3v) is 3.73. The van der Waals surface area contributed by atoms with Crippen LogP contribution in [0.1, 0.15) is 39.5 Å². The molecule has 0 aromatic carbocycles. The first-order valence-corrected chi connectivity index (χ1v) is 6.30. The molecule has 2 rings (SSSR count). The second-order valence-corrected chi connectivity index (χ2v) is 5.14. The Hall–Kier alpha value is -0.730. The molecule has 3 nitrogen and oxygen atoms in total. The highest BCUT2D eigenvalue weighted by molar-refractivity contribution is 5.81. The second-order valence-electron chi connectivity index (χ2n) is 5.14. The lowest BCUT2D eigenvalue weighted by Crippen LogP contribution is -2.41. The molecule has 0 saturated heterocycles. The maximum absolute atomic E-state index is 4.42. The normalized spacial score (nSPS) is 35.9. The van der Waals surface area contributed by atoms with Gasteiger partial charge in [0.1, 0.15) is 0 Å². The minimum atomic E-state index is 0.510. The van der Waals surface area contributed by atoms with Gasteiger partial charge in [0.15, 0.2) is 5.96 Å². The molecule has 3 heteroatoms. The van der Waals surface area contributed by atoms with Crippen LogP contribution in [0, 0.1) is 11.8 Å². The van der Waals surface area contributed by atoms with Gasteiger partial charge < -0.3 is 10.6 Å². The Balaban J connectivity index is 1.73. The summed E-state index contributed by atoms with van der Waals surface area (Å²) in [5.41, 5.74) is 0. The lowest BCUT2D eigenvalue weighted by molar-refractivity contribution is 0.256. The van der Waals surface area contributed by atoms with Gasteiger partial charge in [-0.25, -0.2) is 0 Å². The second kappa shape index (κ2) is 4.86. The molecule has 0 amide bonds. The van der Waals surface area contributed by atoms with E-state index in [2.05, 4.69) is 29.5 Å². The summed E-state index contributed by atoms with van der Waals surface area (Å²) >= 11 is 0. The fourth-order valence-electron chi connectivity index (χ4n) is 2.58. The average Bonchev–Trinajstić information content (AvgIpc) is 2.63. The third-order valence-electron chi connectivity index (χ3n) is 3.73. The van der Waals surface area contributed by atoms with Crippen molar-refractivity contribution in [2.45, 2.75) is 45.6 Å². The van der Waals surface area contributed by atoms with Crippen molar-refractivity contribution in [3.8, 4) is 0 Å². The van der Waals surface area contributed by atoms with Gasteiger partial charge in [-0.3, -0.25) is 4.99 Å². The zero-order valence-electron chi connectivity index (χ0n) is 9.92. The van der Waals surface area contributed by atoms with Crippen molar-refractivity contribution in [1.82, 2.24) is 10.6 Å². The summed E-state index contributed by atoms with van der Waals surface area (Å²) in [6.45, 7) is 6.57. The van der Waals surface area contributed by atoms with Crippen molar-refractivity contribution >= 4 is 5.96 Å². The number of nitrogens with zero attached hydrogens (tertiary/aromatic N) is 1. The highest BCUT2D eigenvalue weighted by atomic mass is 15.2. The first kappa shape index (κ1) is 10.8. The summed E-state index contributed by atoms with van der Waals surface area (Å²) in [4.78, 5) is 4.42. The van der Waals surface area contributed by atoms with Crippen LogP contribution in [-0.4, -0.2) is 25.1 Å². The molecule has 0 spiro atoms. The number of aliphatic imine (C=N–C) groups is 1. The Kier molecular flexibility index (Phi) is 3.49. The van der Waals surface area contributed by atoms with E-state index < -0.39 is 0 Å². The monoisotopic (exact) mass is 209 g/mol. The Morgan fingerprint density at radius 1 is 1.33 bits per heavy atom. The number of guanidine groups is 1. The van der Waals surface area contributed by atoms with Gasteiger partial charge in [-0.05, 0) is 25.2 Å². The molecular formula is C12H23N3. The lowest BCUT2D eigenvalue weighted by Gasteiger charge is -2.29. The summed E-state index contributed by atoms with van der Waals surface area (Å²) in [5, 5.41) is 6.80. The average molecular weight is 209 g/mol. The minimum Gasteiger partial charge on any atom is -0.356 e. The number of rotatable bonds is 2. The molecule has 1 fully saturated rings. The van der Waals surface area contributed by atoms with E-state index in [0.29, 0.717) is 6.04 Å². The molecule has 1 heterocycles. The highest BCUT2D eigenvalue weighted by Crippen LogP contribution is 2.28. The van der Waals surface area contributed by atoms with E-state index in [1.807, 2.05) is 0 Å². The summed E-state index contributed by atoms with van der Waals surface area (Å²) in [6.07, 6.45) is 5.63. The van der Waals surface area contributed by atoms with E-state index in [1.165, 1.54) is 25.7 Å². The topological polar surface area (TPSA) is 36.4 Å². The molecule has 1 aliphatic heterocycles. The molecule has 0 radical (unpaired) electrons. The predicted molar refractivity (Wildman–Crippen MR) is 64.0 cm³/mol. The van der Waals surface area contributed by atoms with Gasteiger partial charge in [0.05, 0.1) is 6.54 Å². The predicted octanol–water partition coefficient (Wildman–Crippen LogP) is 1.75. The van der Waals surface area contributed by atoms with Gasteiger partial charge in [0.25, 0.3) is 0 Å². The van der Waals surface area contributed by atoms with Gasteiger partial charge in [-0.2, -0.15) is 0 Å². The van der Waals surface area contributed by atoms with E-state index in [-0.39, 0.29) is 0 Å². The van der Waals surface area contributed by atoms with Crippen LogP contribution in [0.5, 0.6) is 0 Å². The molecule has 3 atom stereocenters. The molecule has 15 heavy (non-hydrogen) atoms. The molecule has 2 N–H and O–H groups in total. The Morgan fingerprint density at radius 3 is 2.80 bits per heavy atom. The Labute approximate surface area is 92.7 Å². The highest BCUT2D eigenvalue weighted by Gasteiger charge is 2.22. The van der Waals surface area contributed by atoms with E-state index in [1.54, 1.807) is 0 Å².